The third-order valence-corrected chi connectivity index (χ3v) is 4.02. The predicted molar refractivity (Wildman–Crippen MR) is 101 cm³/mol. The van der Waals surface area contributed by atoms with Crippen LogP contribution in [0.4, 0.5) is 0 Å². The first kappa shape index (κ1) is 16.2. The molecule has 0 aliphatic rings. The van der Waals surface area contributed by atoms with E-state index in [4.69, 9.17) is 12.2 Å². The molecule has 2 aromatic carbocycles. The minimum atomic E-state index is 0.659. The van der Waals surface area contributed by atoms with Crippen LogP contribution in [0.2, 0.25) is 0 Å². The second kappa shape index (κ2) is 7.75. The fourth-order valence-corrected chi connectivity index (χ4v) is 2.47. The van der Waals surface area contributed by atoms with E-state index in [0.29, 0.717) is 11.7 Å². The van der Waals surface area contributed by atoms with Crippen molar-refractivity contribution in [2.45, 2.75) is 20.0 Å². The Morgan fingerprint density at radius 1 is 0.958 bits per heavy atom. The number of benzene rings is 2. The third-order valence-electron chi connectivity index (χ3n) is 3.73. The van der Waals surface area contributed by atoms with E-state index in [2.05, 4.69) is 59.1 Å². The minimum Gasteiger partial charge on any atom is -0.359 e. The molecule has 1 aromatic heterocycles. The topological polar surface area (TPSA) is 41.9 Å². The van der Waals surface area contributed by atoms with Crippen LogP contribution in [0.15, 0.2) is 67.0 Å². The lowest BCUT2D eigenvalue weighted by molar-refractivity contribution is 0.830. The molecule has 122 valence electrons. The van der Waals surface area contributed by atoms with Crippen molar-refractivity contribution < 1.29 is 0 Å². The summed E-state index contributed by atoms with van der Waals surface area (Å²) >= 11 is 5.33. The molecule has 5 heteroatoms. The van der Waals surface area contributed by atoms with Crippen LogP contribution in [0.25, 0.3) is 5.69 Å². The van der Waals surface area contributed by atoms with E-state index in [0.717, 1.165) is 12.2 Å². The zero-order valence-electron chi connectivity index (χ0n) is 13.6. The molecule has 3 rings (SSSR count). The Morgan fingerprint density at radius 3 is 2.08 bits per heavy atom. The molecule has 0 bridgehead atoms. The van der Waals surface area contributed by atoms with Crippen molar-refractivity contribution in [1.29, 1.82) is 0 Å². The fourth-order valence-electron chi connectivity index (χ4n) is 2.32. The first-order valence-electron chi connectivity index (χ1n) is 7.87. The quantitative estimate of drug-likeness (QED) is 0.701. The summed E-state index contributed by atoms with van der Waals surface area (Å²) in [6.45, 7) is 3.50. The monoisotopic (exact) mass is 336 g/mol. The van der Waals surface area contributed by atoms with Gasteiger partial charge < -0.3 is 10.6 Å². The van der Waals surface area contributed by atoms with Crippen molar-refractivity contribution in [2.75, 3.05) is 0 Å². The first-order chi connectivity index (χ1) is 11.7. The van der Waals surface area contributed by atoms with Gasteiger partial charge in [0.25, 0.3) is 0 Å². The van der Waals surface area contributed by atoms with Gasteiger partial charge in [-0.1, -0.05) is 42.0 Å². The lowest BCUT2D eigenvalue weighted by atomic mass is 10.1. The van der Waals surface area contributed by atoms with Crippen LogP contribution in [0.1, 0.15) is 16.7 Å². The van der Waals surface area contributed by atoms with Crippen molar-refractivity contribution in [3.63, 3.8) is 0 Å². The van der Waals surface area contributed by atoms with E-state index in [-0.39, 0.29) is 0 Å². The van der Waals surface area contributed by atoms with Crippen LogP contribution in [0, 0.1) is 6.92 Å². The normalized spacial score (nSPS) is 10.4. The zero-order chi connectivity index (χ0) is 16.8. The molecule has 4 nitrogen and oxygen atoms in total. The fraction of sp³-hybridized carbons (Fsp3) is 0.158. The van der Waals surface area contributed by atoms with Gasteiger partial charge >= 0.3 is 0 Å². The van der Waals surface area contributed by atoms with Gasteiger partial charge in [0.1, 0.15) is 0 Å². The van der Waals surface area contributed by atoms with Crippen LogP contribution >= 0.6 is 12.2 Å². The van der Waals surface area contributed by atoms with E-state index in [1.54, 1.807) is 6.20 Å². The van der Waals surface area contributed by atoms with Gasteiger partial charge in [-0.3, -0.25) is 0 Å². The SMILES string of the molecule is Cc1ccc(CNC(=S)NCc2ccc(-n3cccn3)cc2)cc1. The number of nitrogens with one attached hydrogen (secondary N) is 2. The van der Waals surface area contributed by atoms with Crippen LogP contribution in [0.5, 0.6) is 0 Å². The molecule has 0 spiro atoms. The molecule has 0 fully saturated rings. The first-order valence-corrected chi connectivity index (χ1v) is 8.28. The van der Waals surface area contributed by atoms with Crippen LogP contribution < -0.4 is 10.6 Å². The molecule has 0 unspecified atom stereocenters. The maximum absolute atomic E-state index is 5.33. The molecule has 0 atom stereocenters. The number of thiocarbonyl (C=S) groups is 1. The molecule has 0 aliphatic heterocycles. The number of aryl methyl sites for hydroxylation is 1. The number of rotatable bonds is 5. The Balaban J connectivity index is 1.46. The average Bonchev–Trinajstić information content (AvgIpc) is 3.14. The molecule has 2 N–H and O–H groups in total. The van der Waals surface area contributed by atoms with E-state index in [1.807, 2.05) is 29.1 Å². The lowest BCUT2D eigenvalue weighted by Gasteiger charge is -2.11. The second-order valence-electron chi connectivity index (χ2n) is 5.64. The van der Waals surface area contributed by atoms with E-state index < -0.39 is 0 Å². The highest BCUT2D eigenvalue weighted by atomic mass is 32.1. The van der Waals surface area contributed by atoms with Gasteiger partial charge in [-0.2, -0.15) is 5.10 Å². The van der Waals surface area contributed by atoms with Gasteiger partial charge in [-0.25, -0.2) is 4.68 Å². The Hall–Kier alpha value is -2.66. The Morgan fingerprint density at radius 2 is 1.54 bits per heavy atom. The molecule has 0 radical (unpaired) electrons. The lowest BCUT2D eigenvalue weighted by Crippen LogP contribution is -2.34. The van der Waals surface area contributed by atoms with Crippen molar-refractivity contribution in [2.24, 2.45) is 0 Å². The second-order valence-corrected chi connectivity index (χ2v) is 6.05. The Bertz CT molecular complexity index is 777. The maximum Gasteiger partial charge on any atom is 0.166 e. The number of hydrogen-bond donors (Lipinski definition) is 2. The van der Waals surface area contributed by atoms with Crippen LogP contribution in [0.3, 0.4) is 0 Å². The van der Waals surface area contributed by atoms with Gasteiger partial charge in [0.2, 0.25) is 0 Å². The molecular weight excluding hydrogens is 316 g/mol. The zero-order valence-corrected chi connectivity index (χ0v) is 14.4. The van der Waals surface area contributed by atoms with E-state index >= 15 is 0 Å². The largest absolute Gasteiger partial charge is 0.359 e. The van der Waals surface area contributed by atoms with Gasteiger partial charge in [0, 0.05) is 25.5 Å². The van der Waals surface area contributed by atoms with Crippen molar-refractivity contribution in [3.05, 3.63) is 83.7 Å². The molecule has 0 amide bonds. The molecule has 3 aromatic rings. The number of hydrogen-bond acceptors (Lipinski definition) is 2. The van der Waals surface area contributed by atoms with Crippen LogP contribution in [-0.4, -0.2) is 14.9 Å². The Labute approximate surface area is 147 Å². The van der Waals surface area contributed by atoms with Gasteiger partial charge in [0.05, 0.1) is 5.69 Å². The van der Waals surface area contributed by atoms with Crippen LogP contribution in [-0.2, 0) is 13.1 Å². The highest BCUT2D eigenvalue weighted by molar-refractivity contribution is 7.80. The van der Waals surface area contributed by atoms with E-state index in [9.17, 15) is 0 Å². The van der Waals surface area contributed by atoms with Crippen molar-refractivity contribution in [3.8, 4) is 5.69 Å². The predicted octanol–water partition coefficient (Wildman–Crippen LogP) is 3.35. The molecule has 1 heterocycles. The van der Waals surface area contributed by atoms with Gasteiger partial charge in [-0.05, 0) is 48.5 Å². The minimum absolute atomic E-state index is 0.659. The Kier molecular flexibility index (Phi) is 5.23. The molecule has 0 saturated carbocycles. The van der Waals surface area contributed by atoms with Crippen molar-refractivity contribution >= 4 is 17.3 Å². The highest BCUT2D eigenvalue weighted by Gasteiger charge is 2.00. The summed E-state index contributed by atoms with van der Waals surface area (Å²) in [5.41, 5.74) is 4.69. The van der Waals surface area contributed by atoms with Gasteiger partial charge in [-0.15, -0.1) is 0 Å². The smallest absolute Gasteiger partial charge is 0.166 e. The maximum atomic E-state index is 5.33. The van der Waals surface area contributed by atoms with E-state index in [1.165, 1.54) is 16.7 Å². The number of aromatic nitrogens is 2. The molecule has 0 aliphatic carbocycles. The summed E-state index contributed by atoms with van der Waals surface area (Å²) in [5.74, 6) is 0. The van der Waals surface area contributed by atoms with Crippen molar-refractivity contribution in [1.82, 2.24) is 20.4 Å². The van der Waals surface area contributed by atoms with Gasteiger partial charge in [0.15, 0.2) is 5.11 Å². The summed E-state index contributed by atoms with van der Waals surface area (Å²) in [4.78, 5) is 0. The summed E-state index contributed by atoms with van der Waals surface area (Å²) in [6.07, 6.45) is 3.70. The highest BCUT2D eigenvalue weighted by Crippen LogP contribution is 2.08. The average molecular weight is 336 g/mol. The molecule has 0 saturated heterocycles. The molecular formula is C19H20N4S. The third kappa shape index (κ3) is 4.43. The number of nitrogens with zero attached hydrogens (tertiary/aromatic N) is 2. The summed E-state index contributed by atoms with van der Waals surface area (Å²) in [5, 5.41) is 11.3. The standard InChI is InChI=1S/C19H20N4S/c1-15-3-5-16(6-4-15)13-20-19(24)21-14-17-7-9-18(10-8-17)23-12-2-11-22-23/h2-12H,13-14H2,1H3,(H2,20,21,24). The molecule has 24 heavy (non-hydrogen) atoms. The summed E-state index contributed by atoms with van der Waals surface area (Å²) in [6, 6.07) is 18.6. The summed E-state index contributed by atoms with van der Waals surface area (Å²) in [7, 11) is 0. The summed E-state index contributed by atoms with van der Waals surface area (Å²) < 4.78 is 1.84.